The van der Waals surface area contributed by atoms with Crippen molar-refractivity contribution < 1.29 is 0 Å². The summed E-state index contributed by atoms with van der Waals surface area (Å²) < 4.78 is 0. The number of rotatable bonds is 4. The zero-order valence-electron chi connectivity index (χ0n) is 10.4. The van der Waals surface area contributed by atoms with E-state index in [4.69, 9.17) is 5.73 Å². The van der Waals surface area contributed by atoms with E-state index in [0.717, 1.165) is 18.6 Å². The SMILES string of the molecule is CC(C)(N)CNCc1cccc2cccnc12. The molecule has 3 N–H and O–H groups in total. The molecular weight excluding hydrogens is 210 g/mol. The molecule has 0 radical (unpaired) electrons. The van der Waals surface area contributed by atoms with E-state index in [1.165, 1.54) is 10.9 Å². The molecule has 0 spiro atoms. The number of nitrogens with two attached hydrogens (primary N) is 1. The van der Waals surface area contributed by atoms with E-state index < -0.39 is 0 Å². The van der Waals surface area contributed by atoms with Gasteiger partial charge < -0.3 is 11.1 Å². The van der Waals surface area contributed by atoms with Gasteiger partial charge in [0.15, 0.2) is 0 Å². The minimum atomic E-state index is -0.183. The molecule has 0 aliphatic rings. The Morgan fingerprint density at radius 3 is 2.76 bits per heavy atom. The average Bonchev–Trinajstić information content (AvgIpc) is 2.28. The largest absolute Gasteiger partial charge is 0.324 e. The van der Waals surface area contributed by atoms with Crippen LogP contribution in [-0.2, 0) is 6.54 Å². The van der Waals surface area contributed by atoms with E-state index in [1.807, 2.05) is 26.1 Å². The second-order valence-corrected chi connectivity index (χ2v) is 5.08. The summed E-state index contributed by atoms with van der Waals surface area (Å²) in [6.07, 6.45) is 1.83. The highest BCUT2D eigenvalue weighted by Crippen LogP contribution is 2.15. The predicted molar refractivity (Wildman–Crippen MR) is 71.7 cm³/mol. The standard InChI is InChI=1S/C14H19N3/c1-14(2,15)10-16-9-12-6-3-5-11-7-4-8-17-13(11)12/h3-8,16H,9-10,15H2,1-2H3. The number of nitrogens with one attached hydrogen (secondary N) is 1. The van der Waals surface area contributed by atoms with Crippen molar-refractivity contribution in [3.63, 3.8) is 0 Å². The predicted octanol–water partition coefficient (Wildman–Crippen LogP) is 2.06. The first-order valence-corrected chi connectivity index (χ1v) is 5.88. The molecule has 0 unspecified atom stereocenters. The lowest BCUT2D eigenvalue weighted by Crippen LogP contribution is -2.42. The molecule has 1 aromatic heterocycles. The quantitative estimate of drug-likeness (QED) is 0.843. The summed E-state index contributed by atoms with van der Waals surface area (Å²) in [5, 5.41) is 4.55. The van der Waals surface area contributed by atoms with Gasteiger partial charge in [0.25, 0.3) is 0 Å². The second kappa shape index (κ2) is 4.82. The van der Waals surface area contributed by atoms with Gasteiger partial charge in [0, 0.05) is 30.2 Å². The minimum absolute atomic E-state index is 0.183. The molecule has 2 aromatic rings. The van der Waals surface area contributed by atoms with Gasteiger partial charge in [-0.05, 0) is 25.5 Å². The normalized spacial score (nSPS) is 11.9. The van der Waals surface area contributed by atoms with Crippen LogP contribution in [0, 0.1) is 0 Å². The second-order valence-electron chi connectivity index (χ2n) is 5.08. The first-order chi connectivity index (χ1) is 8.06. The summed E-state index contributed by atoms with van der Waals surface area (Å²) >= 11 is 0. The Morgan fingerprint density at radius 2 is 2.00 bits per heavy atom. The lowest BCUT2D eigenvalue weighted by Gasteiger charge is -2.19. The highest BCUT2D eigenvalue weighted by atomic mass is 14.9. The van der Waals surface area contributed by atoms with E-state index >= 15 is 0 Å². The average molecular weight is 229 g/mol. The summed E-state index contributed by atoms with van der Waals surface area (Å²) in [6, 6.07) is 10.3. The van der Waals surface area contributed by atoms with Gasteiger partial charge in [0.05, 0.1) is 5.52 Å². The van der Waals surface area contributed by atoms with Crippen molar-refractivity contribution in [2.45, 2.75) is 25.9 Å². The van der Waals surface area contributed by atoms with Crippen molar-refractivity contribution >= 4 is 10.9 Å². The number of hydrogen-bond acceptors (Lipinski definition) is 3. The Labute approximate surface area is 102 Å². The van der Waals surface area contributed by atoms with Crippen molar-refractivity contribution in [2.75, 3.05) is 6.54 Å². The van der Waals surface area contributed by atoms with Crippen LogP contribution < -0.4 is 11.1 Å². The number of hydrogen-bond donors (Lipinski definition) is 2. The first-order valence-electron chi connectivity index (χ1n) is 5.88. The Balaban J connectivity index is 2.13. The third kappa shape index (κ3) is 3.25. The molecule has 0 saturated heterocycles. The van der Waals surface area contributed by atoms with Crippen LogP contribution in [0.25, 0.3) is 10.9 Å². The van der Waals surface area contributed by atoms with E-state index in [0.29, 0.717) is 0 Å². The van der Waals surface area contributed by atoms with Gasteiger partial charge in [-0.3, -0.25) is 4.98 Å². The molecule has 0 atom stereocenters. The fourth-order valence-corrected chi connectivity index (χ4v) is 1.83. The lowest BCUT2D eigenvalue weighted by atomic mass is 10.1. The van der Waals surface area contributed by atoms with Gasteiger partial charge in [-0.15, -0.1) is 0 Å². The monoisotopic (exact) mass is 229 g/mol. The number of benzene rings is 1. The molecule has 0 bridgehead atoms. The molecule has 0 fully saturated rings. The van der Waals surface area contributed by atoms with Crippen LogP contribution in [0.5, 0.6) is 0 Å². The van der Waals surface area contributed by atoms with Crippen LogP contribution in [0.1, 0.15) is 19.4 Å². The Hall–Kier alpha value is -1.45. The van der Waals surface area contributed by atoms with Crippen molar-refractivity contribution in [1.82, 2.24) is 10.3 Å². The van der Waals surface area contributed by atoms with E-state index in [2.05, 4.69) is 34.6 Å². The van der Waals surface area contributed by atoms with Crippen molar-refractivity contribution in [1.29, 1.82) is 0 Å². The van der Waals surface area contributed by atoms with Gasteiger partial charge in [-0.2, -0.15) is 0 Å². The smallest absolute Gasteiger partial charge is 0.0746 e. The minimum Gasteiger partial charge on any atom is -0.324 e. The summed E-state index contributed by atoms with van der Waals surface area (Å²) in [6.45, 7) is 5.62. The number of pyridine rings is 1. The maximum absolute atomic E-state index is 5.93. The molecule has 1 aromatic carbocycles. The molecule has 0 aliphatic carbocycles. The van der Waals surface area contributed by atoms with Gasteiger partial charge >= 0.3 is 0 Å². The highest BCUT2D eigenvalue weighted by Gasteiger charge is 2.09. The number of fused-ring (bicyclic) bond motifs is 1. The van der Waals surface area contributed by atoms with Crippen LogP contribution in [-0.4, -0.2) is 17.1 Å². The summed E-state index contributed by atoms with van der Waals surface area (Å²) in [7, 11) is 0. The maximum atomic E-state index is 5.93. The third-order valence-electron chi connectivity index (χ3n) is 2.61. The van der Waals surface area contributed by atoms with Gasteiger partial charge in [0.2, 0.25) is 0 Å². The lowest BCUT2D eigenvalue weighted by molar-refractivity contribution is 0.467. The highest BCUT2D eigenvalue weighted by molar-refractivity contribution is 5.81. The van der Waals surface area contributed by atoms with E-state index in [9.17, 15) is 0 Å². The Kier molecular flexibility index (Phi) is 3.41. The molecule has 90 valence electrons. The molecule has 0 aliphatic heterocycles. The molecule has 3 heteroatoms. The zero-order valence-corrected chi connectivity index (χ0v) is 10.4. The molecule has 2 rings (SSSR count). The molecule has 0 saturated carbocycles. The zero-order chi connectivity index (χ0) is 12.3. The summed E-state index contributed by atoms with van der Waals surface area (Å²) in [4.78, 5) is 4.42. The summed E-state index contributed by atoms with van der Waals surface area (Å²) in [5.74, 6) is 0. The molecule has 17 heavy (non-hydrogen) atoms. The van der Waals surface area contributed by atoms with Crippen molar-refractivity contribution in [3.05, 3.63) is 42.1 Å². The Bertz CT molecular complexity index is 495. The van der Waals surface area contributed by atoms with Crippen molar-refractivity contribution in [2.24, 2.45) is 5.73 Å². The van der Waals surface area contributed by atoms with Gasteiger partial charge in [-0.1, -0.05) is 24.3 Å². The van der Waals surface area contributed by atoms with Crippen LogP contribution >= 0.6 is 0 Å². The number of para-hydroxylation sites is 1. The molecule has 0 amide bonds. The van der Waals surface area contributed by atoms with E-state index in [-0.39, 0.29) is 5.54 Å². The van der Waals surface area contributed by atoms with Crippen LogP contribution in [0.15, 0.2) is 36.5 Å². The first kappa shape index (κ1) is 12.0. The van der Waals surface area contributed by atoms with Gasteiger partial charge in [-0.25, -0.2) is 0 Å². The number of aromatic nitrogens is 1. The Morgan fingerprint density at radius 1 is 1.24 bits per heavy atom. The van der Waals surface area contributed by atoms with Gasteiger partial charge in [0.1, 0.15) is 0 Å². The number of nitrogens with zero attached hydrogens (tertiary/aromatic N) is 1. The molecular formula is C14H19N3. The van der Waals surface area contributed by atoms with Crippen LogP contribution in [0.3, 0.4) is 0 Å². The fraction of sp³-hybridized carbons (Fsp3) is 0.357. The van der Waals surface area contributed by atoms with Crippen LogP contribution in [0.4, 0.5) is 0 Å². The fourth-order valence-electron chi connectivity index (χ4n) is 1.83. The van der Waals surface area contributed by atoms with E-state index in [1.54, 1.807) is 0 Å². The molecule has 3 nitrogen and oxygen atoms in total. The van der Waals surface area contributed by atoms with Crippen LogP contribution in [0.2, 0.25) is 0 Å². The van der Waals surface area contributed by atoms with Crippen molar-refractivity contribution in [3.8, 4) is 0 Å². The maximum Gasteiger partial charge on any atom is 0.0746 e. The topological polar surface area (TPSA) is 50.9 Å². The molecule has 1 heterocycles. The third-order valence-corrected chi connectivity index (χ3v) is 2.61. The summed E-state index contributed by atoms with van der Waals surface area (Å²) in [5.41, 5.74) is 8.03.